The fraction of sp³-hybridized carbons (Fsp3) is 0.167. The quantitative estimate of drug-likeness (QED) is 0.433. The summed E-state index contributed by atoms with van der Waals surface area (Å²) >= 11 is 6.28. The Morgan fingerprint density at radius 2 is 1.97 bits per heavy atom. The van der Waals surface area contributed by atoms with Crippen LogP contribution in [0.3, 0.4) is 0 Å². The lowest BCUT2D eigenvalue weighted by atomic mass is 10.0. The molecule has 0 unspecified atom stereocenters. The van der Waals surface area contributed by atoms with Gasteiger partial charge in [-0.2, -0.15) is 5.10 Å². The van der Waals surface area contributed by atoms with Crippen molar-refractivity contribution in [1.82, 2.24) is 29.3 Å². The van der Waals surface area contributed by atoms with E-state index in [0.717, 1.165) is 16.8 Å². The number of H-pyrrole nitrogens is 1. The van der Waals surface area contributed by atoms with Gasteiger partial charge in [-0.15, -0.1) is 0 Å². The second kappa shape index (κ2) is 7.46. The molecule has 158 valence electrons. The highest BCUT2D eigenvalue weighted by Crippen LogP contribution is 2.44. The molecule has 0 radical (unpaired) electrons. The molecule has 32 heavy (non-hydrogen) atoms. The van der Waals surface area contributed by atoms with Crippen LogP contribution in [-0.2, 0) is 6.54 Å². The minimum Gasteiger partial charge on any atom is -0.303 e. The standard InChI is InChI=1S/C24H19ClN6O/c25-17-6-9-19(16-4-5-16)20(12-17)22-26-13-21-23(29-22)30(24(32)28-21)14-15-2-7-18(8-3-15)31-11-1-10-27-31/h1-3,6-13,16H,4-5,14H2,(H,28,32). The second-order valence-electron chi connectivity index (χ2n) is 8.07. The summed E-state index contributed by atoms with van der Waals surface area (Å²) in [6, 6.07) is 15.7. The van der Waals surface area contributed by atoms with Crippen molar-refractivity contribution in [2.45, 2.75) is 25.3 Å². The first-order chi connectivity index (χ1) is 15.7. The normalized spacial score (nSPS) is 13.7. The van der Waals surface area contributed by atoms with Crippen molar-refractivity contribution in [3.63, 3.8) is 0 Å². The molecule has 0 saturated heterocycles. The van der Waals surface area contributed by atoms with Gasteiger partial charge in [0.25, 0.3) is 0 Å². The third-order valence-corrected chi connectivity index (χ3v) is 6.07. The number of aromatic nitrogens is 6. The van der Waals surface area contributed by atoms with E-state index in [4.69, 9.17) is 16.6 Å². The fourth-order valence-corrected chi connectivity index (χ4v) is 4.22. The Balaban J connectivity index is 1.39. The average Bonchev–Trinajstić information content (AvgIpc) is 3.41. The van der Waals surface area contributed by atoms with E-state index >= 15 is 0 Å². The van der Waals surface area contributed by atoms with Gasteiger partial charge in [0.05, 0.1) is 18.4 Å². The molecule has 1 aliphatic rings. The van der Waals surface area contributed by atoms with Gasteiger partial charge < -0.3 is 4.98 Å². The van der Waals surface area contributed by atoms with Crippen LogP contribution >= 0.6 is 11.6 Å². The molecule has 3 aromatic heterocycles. The van der Waals surface area contributed by atoms with Gasteiger partial charge in [-0.25, -0.2) is 19.4 Å². The Bertz CT molecular complexity index is 1480. The molecule has 0 amide bonds. The van der Waals surface area contributed by atoms with Crippen LogP contribution in [0.5, 0.6) is 0 Å². The summed E-state index contributed by atoms with van der Waals surface area (Å²) in [7, 11) is 0. The van der Waals surface area contributed by atoms with Crippen molar-refractivity contribution >= 4 is 22.8 Å². The molecule has 0 spiro atoms. The molecule has 0 aliphatic heterocycles. The van der Waals surface area contributed by atoms with E-state index in [-0.39, 0.29) is 5.69 Å². The van der Waals surface area contributed by atoms with E-state index < -0.39 is 0 Å². The lowest BCUT2D eigenvalue weighted by molar-refractivity contribution is 0.776. The number of nitrogens with one attached hydrogen (secondary N) is 1. The summed E-state index contributed by atoms with van der Waals surface area (Å²) in [6.45, 7) is 0.402. The SMILES string of the molecule is O=c1[nH]c2cnc(-c3cc(Cl)ccc3C3CC3)nc2n1Cc1ccc(-n2cccn2)cc1. The maximum absolute atomic E-state index is 12.7. The molecule has 3 heterocycles. The number of imidazole rings is 1. The van der Waals surface area contributed by atoms with Gasteiger partial charge in [-0.3, -0.25) is 4.57 Å². The Morgan fingerprint density at radius 1 is 1.12 bits per heavy atom. The van der Waals surface area contributed by atoms with Gasteiger partial charge in [0.15, 0.2) is 11.5 Å². The molecule has 1 N–H and O–H groups in total. The van der Waals surface area contributed by atoms with E-state index in [2.05, 4.69) is 21.1 Å². The minimum absolute atomic E-state index is 0.212. The first-order valence-electron chi connectivity index (χ1n) is 10.5. The fourth-order valence-electron chi connectivity index (χ4n) is 4.05. The topological polar surface area (TPSA) is 81.4 Å². The number of hydrogen-bond acceptors (Lipinski definition) is 4. The molecule has 1 aliphatic carbocycles. The van der Waals surface area contributed by atoms with Gasteiger partial charge >= 0.3 is 5.69 Å². The Labute approximate surface area is 188 Å². The van der Waals surface area contributed by atoms with E-state index in [1.807, 2.05) is 48.7 Å². The Kier molecular flexibility index (Phi) is 4.43. The Morgan fingerprint density at radius 3 is 2.72 bits per heavy atom. The average molecular weight is 443 g/mol. The number of hydrogen-bond donors (Lipinski definition) is 1. The zero-order valence-electron chi connectivity index (χ0n) is 17.1. The summed E-state index contributed by atoms with van der Waals surface area (Å²) in [5.41, 5.74) is 5.09. The summed E-state index contributed by atoms with van der Waals surface area (Å²) in [6.07, 6.45) is 7.64. The van der Waals surface area contributed by atoms with Crippen LogP contribution in [0.15, 0.2) is 71.9 Å². The molecule has 5 aromatic rings. The number of fused-ring (bicyclic) bond motifs is 1. The van der Waals surface area contributed by atoms with Crippen LogP contribution in [-0.4, -0.2) is 29.3 Å². The van der Waals surface area contributed by atoms with Crippen molar-refractivity contribution in [2.75, 3.05) is 0 Å². The van der Waals surface area contributed by atoms with Gasteiger partial charge in [0.1, 0.15) is 5.52 Å². The highest BCUT2D eigenvalue weighted by Gasteiger charge is 2.27. The third kappa shape index (κ3) is 3.40. The molecular weight excluding hydrogens is 424 g/mol. The third-order valence-electron chi connectivity index (χ3n) is 5.83. The maximum atomic E-state index is 12.7. The first-order valence-corrected chi connectivity index (χ1v) is 10.9. The van der Waals surface area contributed by atoms with Crippen molar-refractivity contribution < 1.29 is 0 Å². The maximum Gasteiger partial charge on any atom is 0.328 e. The summed E-state index contributed by atoms with van der Waals surface area (Å²) in [5, 5.41) is 4.90. The van der Waals surface area contributed by atoms with Crippen molar-refractivity contribution in [2.24, 2.45) is 0 Å². The van der Waals surface area contributed by atoms with Crippen LogP contribution in [0.2, 0.25) is 5.02 Å². The lowest BCUT2D eigenvalue weighted by Gasteiger charge is -2.09. The zero-order valence-corrected chi connectivity index (χ0v) is 17.8. The largest absolute Gasteiger partial charge is 0.328 e. The van der Waals surface area contributed by atoms with Crippen LogP contribution in [0, 0.1) is 0 Å². The van der Waals surface area contributed by atoms with Crippen LogP contribution in [0.4, 0.5) is 0 Å². The molecule has 0 atom stereocenters. The second-order valence-corrected chi connectivity index (χ2v) is 8.51. The van der Waals surface area contributed by atoms with Crippen molar-refractivity contribution in [3.05, 3.63) is 93.8 Å². The summed E-state index contributed by atoms with van der Waals surface area (Å²) < 4.78 is 3.44. The van der Waals surface area contributed by atoms with Crippen molar-refractivity contribution in [1.29, 1.82) is 0 Å². The molecule has 0 bridgehead atoms. The van der Waals surface area contributed by atoms with Gasteiger partial charge in [0, 0.05) is 23.0 Å². The minimum atomic E-state index is -0.212. The van der Waals surface area contributed by atoms with Gasteiger partial charge in [-0.1, -0.05) is 29.8 Å². The molecular formula is C24H19ClN6O. The van der Waals surface area contributed by atoms with Crippen molar-refractivity contribution in [3.8, 4) is 17.1 Å². The smallest absolute Gasteiger partial charge is 0.303 e. The number of benzene rings is 2. The van der Waals surface area contributed by atoms with Crippen LogP contribution < -0.4 is 5.69 Å². The monoisotopic (exact) mass is 442 g/mol. The molecule has 1 fully saturated rings. The lowest BCUT2D eigenvalue weighted by Crippen LogP contribution is -2.17. The highest BCUT2D eigenvalue weighted by atomic mass is 35.5. The molecule has 1 saturated carbocycles. The highest BCUT2D eigenvalue weighted by molar-refractivity contribution is 6.30. The number of aromatic amines is 1. The molecule has 8 heteroatoms. The zero-order chi connectivity index (χ0) is 21.7. The van der Waals surface area contributed by atoms with E-state index in [0.29, 0.717) is 34.5 Å². The predicted octanol–water partition coefficient (Wildman–Crippen LogP) is 4.55. The number of nitrogens with zero attached hydrogens (tertiary/aromatic N) is 5. The first kappa shape index (κ1) is 19.0. The molecule has 7 nitrogen and oxygen atoms in total. The van der Waals surface area contributed by atoms with E-state index in [1.165, 1.54) is 18.4 Å². The predicted molar refractivity (Wildman–Crippen MR) is 123 cm³/mol. The number of halogens is 1. The summed E-state index contributed by atoms with van der Waals surface area (Å²) in [4.78, 5) is 24.9. The molecule has 6 rings (SSSR count). The van der Waals surface area contributed by atoms with Gasteiger partial charge in [-0.05, 0) is 60.2 Å². The van der Waals surface area contributed by atoms with Gasteiger partial charge in [0.2, 0.25) is 0 Å². The van der Waals surface area contributed by atoms with E-state index in [9.17, 15) is 4.79 Å². The van der Waals surface area contributed by atoms with Crippen LogP contribution in [0.1, 0.15) is 29.9 Å². The number of rotatable bonds is 5. The Hall–Kier alpha value is -3.71. The van der Waals surface area contributed by atoms with E-state index in [1.54, 1.807) is 21.6 Å². The van der Waals surface area contributed by atoms with Crippen LogP contribution in [0.25, 0.3) is 28.2 Å². The molecule has 2 aromatic carbocycles. The summed E-state index contributed by atoms with van der Waals surface area (Å²) in [5.74, 6) is 1.12.